The summed E-state index contributed by atoms with van der Waals surface area (Å²) < 4.78 is 27.2. The lowest BCUT2D eigenvalue weighted by Crippen LogP contribution is -2.29. The van der Waals surface area contributed by atoms with Crippen molar-refractivity contribution in [3.63, 3.8) is 0 Å². The first-order valence-corrected chi connectivity index (χ1v) is 8.99. The Morgan fingerprint density at radius 3 is 2.60 bits per heavy atom. The first-order chi connectivity index (χ1) is 9.36. The minimum Gasteiger partial charge on any atom is -0.316 e. The highest BCUT2D eigenvalue weighted by molar-refractivity contribution is 9.10. The van der Waals surface area contributed by atoms with Gasteiger partial charge in [-0.3, -0.25) is 0 Å². The quantitative estimate of drug-likeness (QED) is 0.847. The third kappa shape index (κ3) is 3.42. The average molecular weight is 361 g/mol. The standard InChI is InChI=1S/C14H21BrN2O2S/c1-10-6-12(10)9-17(3)20(18,19)14-5-4-11(8-16-2)7-13(14)15/h4-5,7,10,12,16H,6,8-9H2,1-3H3. The summed E-state index contributed by atoms with van der Waals surface area (Å²) in [6, 6.07) is 5.39. The molecule has 0 bridgehead atoms. The molecule has 0 heterocycles. The number of hydrogen-bond acceptors (Lipinski definition) is 3. The molecule has 0 spiro atoms. The van der Waals surface area contributed by atoms with Crippen molar-refractivity contribution in [2.45, 2.75) is 24.8 Å². The van der Waals surface area contributed by atoms with E-state index in [1.165, 1.54) is 4.31 Å². The van der Waals surface area contributed by atoms with Gasteiger partial charge in [-0.05, 0) is 58.9 Å². The van der Waals surface area contributed by atoms with Gasteiger partial charge in [0.1, 0.15) is 0 Å². The number of nitrogens with zero attached hydrogens (tertiary/aromatic N) is 1. The molecule has 112 valence electrons. The summed E-state index contributed by atoms with van der Waals surface area (Å²) in [4.78, 5) is 0.341. The fraction of sp³-hybridized carbons (Fsp3) is 0.571. The smallest absolute Gasteiger partial charge is 0.243 e. The lowest BCUT2D eigenvalue weighted by Gasteiger charge is -2.18. The summed E-state index contributed by atoms with van der Waals surface area (Å²) in [5.41, 5.74) is 1.05. The van der Waals surface area contributed by atoms with E-state index in [9.17, 15) is 8.42 Å². The molecule has 20 heavy (non-hydrogen) atoms. The maximum atomic E-state index is 12.6. The Kier molecular flexibility index (Phi) is 4.89. The van der Waals surface area contributed by atoms with E-state index in [2.05, 4.69) is 28.2 Å². The van der Waals surface area contributed by atoms with Crippen LogP contribution < -0.4 is 5.32 Å². The SMILES string of the molecule is CNCc1ccc(S(=O)(=O)N(C)CC2CC2C)c(Br)c1. The van der Waals surface area contributed by atoms with Gasteiger partial charge in [-0.1, -0.05) is 13.0 Å². The van der Waals surface area contributed by atoms with Crippen LogP contribution in [0, 0.1) is 11.8 Å². The van der Waals surface area contributed by atoms with Crippen LogP contribution in [0.5, 0.6) is 0 Å². The molecule has 0 radical (unpaired) electrons. The van der Waals surface area contributed by atoms with E-state index < -0.39 is 10.0 Å². The van der Waals surface area contributed by atoms with Crippen LogP contribution in [-0.2, 0) is 16.6 Å². The second-order valence-electron chi connectivity index (χ2n) is 5.55. The van der Waals surface area contributed by atoms with Gasteiger partial charge in [0, 0.05) is 24.6 Å². The van der Waals surface area contributed by atoms with Crippen molar-refractivity contribution in [1.82, 2.24) is 9.62 Å². The Bertz CT molecular complexity index is 589. The van der Waals surface area contributed by atoms with Crippen molar-refractivity contribution < 1.29 is 8.42 Å². The van der Waals surface area contributed by atoms with Crippen LogP contribution in [0.3, 0.4) is 0 Å². The van der Waals surface area contributed by atoms with Crippen LogP contribution in [0.2, 0.25) is 0 Å². The molecule has 1 aromatic rings. The molecule has 0 amide bonds. The van der Waals surface area contributed by atoms with Gasteiger partial charge in [-0.25, -0.2) is 12.7 Å². The van der Waals surface area contributed by atoms with Crippen molar-refractivity contribution in [2.24, 2.45) is 11.8 Å². The normalized spacial score (nSPS) is 22.2. The molecule has 0 saturated heterocycles. The number of nitrogens with one attached hydrogen (secondary N) is 1. The zero-order valence-electron chi connectivity index (χ0n) is 12.1. The van der Waals surface area contributed by atoms with E-state index in [-0.39, 0.29) is 0 Å². The first kappa shape index (κ1) is 15.9. The van der Waals surface area contributed by atoms with Crippen molar-refractivity contribution in [3.05, 3.63) is 28.2 Å². The number of halogens is 1. The molecule has 1 saturated carbocycles. The van der Waals surface area contributed by atoms with Crippen LogP contribution in [0.25, 0.3) is 0 Å². The molecule has 1 fully saturated rings. The van der Waals surface area contributed by atoms with Crippen molar-refractivity contribution in [3.8, 4) is 0 Å². The molecule has 0 aliphatic heterocycles. The Morgan fingerprint density at radius 1 is 1.45 bits per heavy atom. The van der Waals surface area contributed by atoms with E-state index in [0.717, 1.165) is 12.0 Å². The van der Waals surface area contributed by atoms with Gasteiger partial charge in [0.2, 0.25) is 10.0 Å². The van der Waals surface area contributed by atoms with Crippen LogP contribution in [-0.4, -0.2) is 33.4 Å². The molecule has 4 nitrogen and oxygen atoms in total. The van der Waals surface area contributed by atoms with E-state index in [1.807, 2.05) is 19.2 Å². The van der Waals surface area contributed by atoms with Crippen LogP contribution in [0.1, 0.15) is 18.9 Å². The Hall–Kier alpha value is -0.430. The number of sulfonamides is 1. The van der Waals surface area contributed by atoms with E-state index in [0.29, 0.717) is 34.3 Å². The van der Waals surface area contributed by atoms with Gasteiger partial charge >= 0.3 is 0 Å². The summed E-state index contributed by atoms with van der Waals surface area (Å²) in [5.74, 6) is 1.16. The van der Waals surface area contributed by atoms with Gasteiger partial charge < -0.3 is 5.32 Å². The molecule has 1 aliphatic carbocycles. The highest BCUT2D eigenvalue weighted by Gasteiger charge is 2.36. The molecule has 2 unspecified atom stereocenters. The summed E-state index contributed by atoms with van der Waals surface area (Å²) in [7, 11) is 0.111. The highest BCUT2D eigenvalue weighted by Crippen LogP contribution is 2.39. The molecule has 1 aromatic carbocycles. The Morgan fingerprint density at radius 2 is 2.10 bits per heavy atom. The monoisotopic (exact) mass is 360 g/mol. The van der Waals surface area contributed by atoms with E-state index in [4.69, 9.17) is 0 Å². The minimum atomic E-state index is -3.41. The van der Waals surface area contributed by atoms with Crippen molar-refractivity contribution in [1.29, 1.82) is 0 Å². The number of hydrogen-bond donors (Lipinski definition) is 1. The van der Waals surface area contributed by atoms with Gasteiger partial charge in [-0.15, -0.1) is 0 Å². The number of benzene rings is 1. The van der Waals surface area contributed by atoms with E-state index in [1.54, 1.807) is 13.1 Å². The second-order valence-corrected chi connectivity index (χ2v) is 8.42. The largest absolute Gasteiger partial charge is 0.316 e. The summed E-state index contributed by atoms with van der Waals surface area (Å²) >= 11 is 3.38. The predicted molar refractivity (Wildman–Crippen MR) is 84.0 cm³/mol. The summed E-state index contributed by atoms with van der Waals surface area (Å²) in [6.07, 6.45) is 1.13. The lowest BCUT2D eigenvalue weighted by molar-refractivity contribution is 0.444. The molecule has 2 atom stereocenters. The fourth-order valence-corrected chi connectivity index (χ4v) is 4.63. The zero-order chi connectivity index (χ0) is 14.9. The molecule has 1 aliphatic rings. The minimum absolute atomic E-state index is 0.341. The maximum absolute atomic E-state index is 12.6. The molecule has 6 heteroatoms. The molecule has 0 aromatic heterocycles. The van der Waals surface area contributed by atoms with Gasteiger partial charge in [0.05, 0.1) is 4.90 Å². The Balaban J connectivity index is 2.20. The zero-order valence-corrected chi connectivity index (χ0v) is 14.5. The maximum Gasteiger partial charge on any atom is 0.243 e. The predicted octanol–water partition coefficient (Wildman–Crippen LogP) is 2.45. The van der Waals surface area contributed by atoms with Crippen molar-refractivity contribution >= 4 is 26.0 Å². The fourth-order valence-electron chi connectivity index (χ4n) is 2.32. The Labute approximate surface area is 129 Å². The molecule has 2 rings (SSSR count). The van der Waals surface area contributed by atoms with Crippen molar-refractivity contribution in [2.75, 3.05) is 20.6 Å². The summed E-state index contributed by atoms with van der Waals surface area (Å²) in [5, 5.41) is 3.05. The summed E-state index contributed by atoms with van der Waals surface area (Å²) in [6.45, 7) is 3.48. The lowest BCUT2D eigenvalue weighted by atomic mass is 10.2. The molecule has 1 N–H and O–H groups in total. The first-order valence-electron chi connectivity index (χ1n) is 6.75. The molecular weight excluding hydrogens is 340 g/mol. The second kappa shape index (κ2) is 6.13. The average Bonchev–Trinajstić information content (AvgIpc) is 3.05. The topological polar surface area (TPSA) is 49.4 Å². The van der Waals surface area contributed by atoms with E-state index >= 15 is 0 Å². The molecular formula is C14H21BrN2O2S. The van der Waals surface area contributed by atoms with Crippen LogP contribution in [0.4, 0.5) is 0 Å². The van der Waals surface area contributed by atoms with Gasteiger partial charge in [0.25, 0.3) is 0 Å². The third-order valence-corrected chi connectivity index (χ3v) is 6.63. The van der Waals surface area contributed by atoms with Gasteiger partial charge in [0.15, 0.2) is 0 Å². The van der Waals surface area contributed by atoms with Crippen LogP contribution >= 0.6 is 15.9 Å². The van der Waals surface area contributed by atoms with Gasteiger partial charge in [-0.2, -0.15) is 0 Å². The third-order valence-electron chi connectivity index (χ3n) is 3.83. The van der Waals surface area contributed by atoms with Crippen LogP contribution in [0.15, 0.2) is 27.6 Å². The number of rotatable bonds is 6. The highest BCUT2D eigenvalue weighted by atomic mass is 79.9.